The van der Waals surface area contributed by atoms with Crippen LogP contribution in [0.5, 0.6) is 0 Å². The number of hydrogen-bond acceptors (Lipinski definition) is 2. The molecule has 1 aliphatic rings. The molecular formula is C25H30N2O. The zero-order chi connectivity index (χ0) is 19.7. The Morgan fingerprint density at radius 1 is 1.04 bits per heavy atom. The van der Waals surface area contributed by atoms with Gasteiger partial charge in [0.05, 0.1) is 0 Å². The second-order valence-electron chi connectivity index (χ2n) is 8.04. The Morgan fingerprint density at radius 2 is 1.75 bits per heavy atom. The molecule has 4 rings (SSSR count). The number of aromatic nitrogens is 1. The average Bonchev–Trinajstić information content (AvgIpc) is 3.04. The number of ketones is 1. The average molecular weight is 375 g/mol. The molecule has 1 atom stereocenters. The monoisotopic (exact) mass is 374 g/mol. The molecule has 0 saturated heterocycles. The predicted octanol–water partition coefficient (Wildman–Crippen LogP) is 5.00. The van der Waals surface area contributed by atoms with E-state index in [9.17, 15) is 4.79 Å². The summed E-state index contributed by atoms with van der Waals surface area (Å²) in [6.07, 6.45) is 6.64. The lowest BCUT2D eigenvalue weighted by atomic mass is 9.83. The van der Waals surface area contributed by atoms with Crippen molar-refractivity contribution in [3.8, 4) is 0 Å². The van der Waals surface area contributed by atoms with E-state index in [1.54, 1.807) is 0 Å². The van der Waals surface area contributed by atoms with Crippen molar-refractivity contribution in [2.24, 2.45) is 7.05 Å². The summed E-state index contributed by atoms with van der Waals surface area (Å²) in [5, 5.41) is 1.31. The van der Waals surface area contributed by atoms with Crippen LogP contribution in [0.1, 0.15) is 53.7 Å². The first-order valence-electron chi connectivity index (χ1n) is 10.6. The Balaban J connectivity index is 1.81. The van der Waals surface area contributed by atoms with Crippen molar-refractivity contribution < 1.29 is 4.79 Å². The minimum absolute atomic E-state index is 0.144. The van der Waals surface area contributed by atoms with Crippen LogP contribution in [0.3, 0.4) is 0 Å². The molecule has 3 aromatic rings. The Bertz CT molecular complexity index is 981. The maximum Gasteiger partial charge on any atom is 0.193 e. The molecule has 0 aliphatic heterocycles. The third-order valence-corrected chi connectivity index (χ3v) is 6.06. The summed E-state index contributed by atoms with van der Waals surface area (Å²) >= 11 is 0. The maximum absolute atomic E-state index is 13.3. The fraction of sp³-hybridized carbons (Fsp3) is 0.400. The van der Waals surface area contributed by atoms with E-state index in [1.165, 1.54) is 22.0 Å². The Kier molecular flexibility index (Phi) is 5.36. The molecule has 146 valence electrons. The van der Waals surface area contributed by atoms with E-state index >= 15 is 0 Å². The number of carbonyl (C=O) groups excluding carboxylic acids is 1. The minimum Gasteiger partial charge on any atom is -0.350 e. The first-order chi connectivity index (χ1) is 13.6. The van der Waals surface area contributed by atoms with Crippen molar-refractivity contribution >= 4 is 16.7 Å². The van der Waals surface area contributed by atoms with Crippen molar-refractivity contribution in [1.29, 1.82) is 0 Å². The number of nitrogens with zero attached hydrogens (tertiary/aromatic N) is 2. The third kappa shape index (κ3) is 3.29. The van der Waals surface area contributed by atoms with Gasteiger partial charge >= 0.3 is 0 Å². The quantitative estimate of drug-likeness (QED) is 0.544. The lowest BCUT2D eigenvalue weighted by Gasteiger charge is -2.34. The van der Waals surface area contributed by atoms with E-state index in [0.29, 0.717) is 6.04 Å². The minimum atomic E-state index is 0.144. The van der Waals surface area contributed by atoms with Crippen LogP contribution < -0.4 is 0 Å². The summed E-state index contributed by atoms with van der Waals surface area (Å²) in [6.45, 7) is 6.76. The van der Waals surface area contributed by atoms with Crippen LogP contribution >= 0.6 is 0 Å². The molecule has 0 radical (unpaired) electrons. The van der Waals surface area contributed by atoms with Crippen LogP contribution in [0.4, 0.5) is 0 Å². The normalized spacial score (nSPS) is 16.1. The summed E-state index contributed by atoms with van der Waals surface area (Å²) in [6, 6.07) is 14.3. The summed E-state index contributed by atoms with van der Waals surface area (Å²) in [5.41, 5.74) is 5.53. The van der Waals surface area contributed by atoms with Crippen LogP contribution in [-0.4, -0.2) is 34.4 Å². The molecule has 2 aromatic carbocycles. The molecule has 0 spiro atoms. The molecule has 28 heavy (non-hydrogen) atoms. The molecule has 3 heteroatoms. The van der Waals surface area contributed by atoms with Gasteiger partial charge in [0.25, 0.3) is 0 Å². The van der Waals surface area contributed by atoms with Crippen LogP contribution in [0, 0.1) is 0 Å². The van der Waals surface area contributed by atoms with Crippen LogP contribution in [0.2, 0.25) is 0 Å². The van der Waals surface area contributed by atoms with E-state index in [2.05, 4.69) is 42.6 Å². The highest BCUT2D eigenvalue weighted by Crippen LogP contribution is 2.35. The predicted molar refractivity (Wildman–Crippen MR) is 116 cm³/mol. The third-order valence-electron chi connectivity index (χ3n) is 6.06. The smallest absolute Gasteiger partial charge is 0.193 e. The molecule has 3 nitrogen and oxygen atoms in total. The molecule has 0 fully saturated rings. The van der Waals surface area contributed by atoms with E-state index < -0.39 is 0 Å². The van der Waals surface area contributed by atoms with Gasteiger partial charge in [-0.1, -0.05) is 44.2 Å². The number of benzene rings is 2. The molecule has 0 saturated carbocycles. The second kappa shape index (κ2) is 7.92. The van der Waals surface area contributed by atoms with Gasteiger partial charge in [-0.05, 0) is 62.0 Å². The summed E-state index contributed by atoms with van der Waals surface area (Å²) < 4.78 is 2.22. The highest BCUT2D eigenvalue weighted by Gasteiger charge is 2.29. The van der Waals surface area contributed by atoms with Gasteiger partial charge in [0.2, 0.25) is 0 Å². The lowest BCUT2D eigenvalue weighted by molar-refractivity contribution is 0.103. The lowest BCUT2D eigenvalue weighted by Crippen LogP contribution is -2.41. The zero-order valence-corrected chi connectivity index (χ0v) is 17.2. The SMILES string of the molecule is CCCN(CCC)C1Cc2cn(C)c3ccc(C(=O)c4ccccc4)c(c23)C1. The second-order valence-corrected chi connectivity index (χ2v) is 8.04. The standard InChI is InChI=1S/C25H30N2O/c1-4-13-27(14-5-2)20-15-19-17-26(3)23-12-11-21(22(16-20)24(19)23)25(28)18-9-7-6-8-10-18/h6-12,17,20H,4-5,13-16H2,1-3H3. The number of hydrogen-bond donors (Lipinski definition) is 0. The Morgan fingerprint density at radius 3 is 2.43 bits per heavy atom. The van der Waals surface area contributed by atoms with Crippen molar-refractivity contribution in [3.63, 3.8) is 0 Å². The first-order valence-corrected chi connectivity index (χ1v) is 10.6. The van der Waals surface area contributed by atoms with Crippen molar-refractivity contribution in [3.05, 3.63) is 70.9 Å². The topological polar surface area (TPSA) is 25.2 Å². The fourth-order valence-corrected chi connectivity index (χ4v) is 4.85. The van der Waals surface area contributed by atoms with Gasteiger partial charge in [-0.3, -0.25) is 9.69 Å². The van der Waals surface area contributed by atoms with Gasteiger partial charge in [-0.15, -0.1) is 0 Å². The summed E-state index contributed by atoms with van der Waals surface area (Å²) in [5.74, 6) is 0.144. The number of rotatable bonds is 7. The van der Waals surface area contributed by atoms with E-state index in [0.717, 1.165) is 49.9 Å². The molecule has 0 bridgehead atoms. The van der Waals surface area contributed by atoms with Gasteiger partial charge in [0, 0.05) is 41.3 Å². The first kappa shape index (κ1) is 18.9. The van der Waals surface area contributed by atoms with Crippen molar-refractivity contribution in [2.45, 2.75) is 45.6 Å². The van der Waals surface area contributed by atoms with Crippen LogP contribution in [-0.2, 0) is 19.9 Å². The zero-order valence-electron chi connectivity index (χ0n) is 17.2. The number of aryl methyl sites for hydroxylation is 1. The summed E-state index contributed by atoms with van der Waals surface area (Å²) in [4.78, 5) is 15.9. The van der Waals surface area contributed by atoms with Gasteiger partial charge < -0.3 is 4.57 Å². The highest BCUT2D eigenvalue weighted by atomic mass is 16.1. The molecular weight excluding hydrogens is 344 g/mol. The Labute approximate surface area is 168 Å². The fourth-order valence-electron chi connectivity index (χ4n) is 4.85. The molecule has 0 N–H and O–H groups in total. The van der Waals surface area contributed by atoms with Crippen LogP contribution in [0.25, 0.3) is 10.9 Å². The van der Waals surface area contributed by atoms with E-state index in [1.807, 2.05) is 36.4 Å². The van der Waals surface area contributed by atoms with Crippen LogP contribution in [0.15, 0.2) is 48.7 Å². The maximum atomic E-state index is 13.3. The number of carbonyl (C=O) groups is 1. The highest BCUT2D eigenvalue weighted by molar-refractivity contribution is 6.12. The van der Waals surface area contributed by atoms with Gasteiger partial charge in [0.15, 0.2) is 5.78 Å². The molecule has 1 aromatic heterocycles. The molecule has 1 heterocycles. The Hall–Kier alpha value is -2.39. The van der Waals surface area contributed by atoms with Gasteiger partial charge in [0.1, 0.15) is 0 Å². The van der Waals surface area contributed by atoms with Crippen molar-refractivity contribution in [1.82, 2.24) is 9.47 Å². The van der Waals surface area contributed by atoms with Crippen molar-refractivity contribution in [2.75, 3.05) is 13.1 Å². The molecule has 1 unspecified atom stereocenters. The van der Waals surface area contributed by atoms with Gasteiger partial charge in [-0.25, -0.2) is 0 Å². The largest absolute Gasteiger partial charge is 0.350 e. The molecule has 0 amide bonds. The van der Waals surface area contributed by atoms with E-state index in [-0.39, 0.29) is 5.78 Å². The van der Waals surface area contributed by atoms with E-state index in [4.69, 9.17) is 0 Å². The molecule has 1 aliphatic carbocycles. The summed E-state index contributed by atoms with van der Waals surface area (Å²) in [7, 11) is 2.12. The van der Waals surface area contributed by atoms with Gasteiger partial charge in [-0.2, -0.15) is 0 Å².